The van der Waals surface area contributed by atoms with Gasteiger partial charge < -0.3 is 9.47 Å². The first kappa shape index (κ1) is 17.6. The van der Waals surface area contributed by atoms with Crippen LogP contribution in [0, 0.1) is 0 Å². The minimum Gasteiger partial charge on any atom is -0.489 e. The van der Waals surface area contributed by atoms with Gasteiger partial charge in [-0.25, -0.2) is 0 Å². The Kier molecular flexibility index (Phi) is 5.89. The molecule has 2 heteroatoms. The van der Waals surface area contributed by atoms with Crippen molar-refractivity contribution in [2.24, 2.45) is 0 Å². The number of hydrogen-bond acceptors (Lipinski definition) is 2. The molecule has 0 aliphatic rings. The number of benzene rings is 3. The van der Waals surface area contributed by atoms with Crippen LogP contribution < -0.4 is 9.47 Å². The summed E-state index contributed by atoms with van der Waals surface area (Å²) < 4.78 is 11.8. The molecule has 0 amide bonds. The van der Waals surface area contributed by atoms with Gasteiger partial charge in [-0.2, -0.15) is 0 Å². The summed E-state index contributed by atoms with van der Waals surface area (Å²) in [4.78, 5) is 0. The van der Waals surface area contributed by atoms with Crippen LogP contribution in [-0.4, -0.2) is 0 Å². The zero-order valence-electron chi connectivity index (χ0n) is 14.7. The molecule has 0 aliphatic carbocycles. The molecule has 0 N–H and O–H groups in total. The lowest BCUT2D eigenvalue weighted by Gasteiger charge is -2.12. The molecule has 3 rings (SSSR count). The van der Waals surface area contributed by atoms with Crippen LogP contribution in [0.5, 0.6) is 11.5 Å². The van der Waals surface area contributed by atoms with Gasteiger partial charge in [-0.05, 0) is 46.5 Å². The van der Waals surface area contributed by atoms with Gasteiger partial charge in [-0.3, -0.25) is 0 Å². The molecule has 2 nitrogen and oxygen atoms in total. The Morgan fingerprint density at radius 2 is 0.962 bits per heavy atom. The maximum Gasteiger partial charge on any atom is 0.119 e. The highest BCUT2D eigenvalue weighted by molar-refractivity contribution is 5.49. The highest BCUT2D eigenvalue weighted by atomic mass is 16.5. The first-order valence-corrected chi connectivity index (χ1v) is 8.56. The Morgan fingerprint density at radius 1 is 0.577 bits per heavy atom. The van der Waals surface area contributed by atoms with Crippen LogP contribution in [0.15, 0.2) is 86.0 Å². The molecule has 26 heavy (non-hydrogen) atoms. The second-order valence-corrected chi connectivity index (χ2v) is 5.89. The molecule has 0 heterocycles. The maximum absolute atomic E-state index is 5.91. The second kappa shape index (κ2) is 8.72. The normalized spacial score (nSPS) is 10.2. The summed E-state index contributed by atoms with van der Waals surface area (Å²) in [5.74, 6) is 1.68. The molecule has 0 fully saturated rings. The smallest absolute Gasteiger partial charge is 0.119 e. The lowest BCUT2D eigenvalue weighted by Crippen LogP contribution is -2.03. The fourth-order valence-corrected chi connectivity index (χ4v) is 2.56. The van der Waals surface area contributed by atoms with Gasteiger partial charge in [0.15, 0.2) is 0 Å². The van der Waals surface area contributed by atoms with Crippen LogP contribution in [-0.2, 0) is 13.2 Å². The summed E-state index contributed by atoms with van der Waals surface area (Å²) >= 11 is 0. The Bertz CT molecular complexity index is 787. The van der Waals surface area contributed by atoms with E-state index in [1.165, 1.54) is 0 Å². The molecule has 3 aromatic rings. The monoisotopic (exact) mass is 342 g/mol. The molecule has 0 saturated carbocycles. The third-order valence-corrected chi connectivity index (χ3v) is 4.14. The van der Waals surface area contributed by atoms with Gasteiger partial charge in [0.25, 0.3) is 0 Å². The minimum atomic E-state index is 0.502. The van der Waals surface area contributed by atoms with E-state index < -0.39 is 0 Å². The number of ether oxygens (including phenoxy) is 2. The summed E-state index contributed by atoms with van der Waals surface area (Å²) in [7, 11) is 0. The average Bonchev–Trinajstić information content (AvgIpc) is 2.72. The SMILES string of the molecule is C=Cc1ccc(OCc2ccccc2COc2ccc(C=C)cc2)cc1. The Morgan fingerprint density at radius 3 is 1.31 bits per heavy atom. The first-order chi connectivity index (χ1) is 12.8. The predicted octanol–water partition coefficient (Wildman–Crippen LogP) is 6.13. The van der Waals surface area contributed by atoms with Gasteiger partial charge >= 0.3 is 0 Å². The maximum atomic E-state index is 5.91. The van der Waals surface area contributed by atoms with Crippen LogP contribution in [0.2, 0.25) is 0 Å². The third-order valence-electron chi connectivity index (χ3n) is 4.14. The average molecular weight is 342 g/mol. The summed E-state index contributed by atoms with van der Waals surface area (Å²) in [6.07, 6.45) is 3.63. The highest BCUT2D eigenvalue weighted by Gasteiger charge is 2.04. The molecule has 0 bridgehead atoms. The van der Waals surface area contributed by atoms with Crippen LogP contribution in [0.3, 0.4) is 0 Å². The molecule has 0 spiro atoms. The minimum absolute atomic E-state index is 0.502. The van der Waals surface area contributed by atoms with E-state index in [0.717, 1.165) is 33.8 Å². The molecule has 0 saturated heterocycles. The van der Waals surface area contributed by atoms with Crippen LogP contribution >= 0.6 is 0 Å². The van der Waals surface area contributed by atoms with Crippen molar-refractivity contribution < 1.29 is 9.47 Å². The quantitative estimate of drug-likeness (QED) is 0.490. The molecule has 0 aromatic heterocycles. The topological polar surface area (TPSA) is 18.5 Å². The van der Waals surface area contributed by atoms with Gasteiger partial charge in [-0.1, -0.05) is 73.8 Å². The fraction of sp³-hybridized carbons (Fsp3) is 0.0833. The van der Waals surface area contributed by atoms with Crippen molar-refractivity contribution in [3.05, 3.63) is 108 Å². The van der Waals surface area contributed by atoms with Gasteiger partial charge in [0, 0.05) is 0 Å². The highest BCUT2D eigenvalue weighted by Crippen LogP contribution is 2.19. The van der Waals surface area contributed by atoms with E-state index in [-0.39, 0.29) is 0 Å². The van der Waals surface area contributed by atoms with Crippen molar-refractivity contribution in [1.82, 2.24) is 0 Å². The summed E-state index contributed by atoms with van der Waals surface area (Å²) in [5, 5.41) is 0. The first-order valence-electron chi connectivity index (χ1n) is 8.56. The largest absolute Gasteiger partial charge is 0.489 e. The number of rotatable bonds is 8. The molecule has 0 aliphatic heterocycles. The second-order valence-electron chi connectivity index (χ2n) is 5.89. The number of hydrogen-bond donors (Lipinski definition) is 0. The van der Waals surface area contributed by atoms with Crippen LogP contribution in [0.4, 0.5) is 0 Å². The Balaban J connectivity index is 1.63. The van der Waals surface area contributed by atoms with E-state index in [0.29, 0.717) is 13.2 Å². The standard InChI is InChI=1S/C24H22O2/c1-3-19-9-13-23(14-10-19)25-17-21-7-5-6-8-22(21)18-26-24-15-11-20(4-2)12-16-24/h3-16H,1-2,17-18H2. The summed E-state index contributed by atoms with van der Waals surface area (Å²) in [6.45, 7) is 8.53. The van der Waals surface area contributed by atoms with Gasteiger partial charge in [0.1, 0.15) is 24.7 Å². The van der Waals surface area contributed by atoms with E-state index in [2.05, 4.69) is 25.3 Å². The Labute approximate surface area is 155 Å². The van der Waals surface area contributed by atoms with Crippen molar-refractivity contribution in [2.45, 2.75) is 13.2 Å². The van der Waals surface area contributed by atoms with Crippen molar-refractivity contribution in [1.29, 1.82) is 0 Å². The lowest BCUT2D eigenvalue weighted by atomic mass is 10.1. The van der Waals surface area contributed by atoms with Crippen LogP contribution in [0.1, 0.15) is 22.3 Å². The summed E-state index contributed by atoms with van der Waals surface area (Å²) in [6, 6.07) is 23.9. The van der Waals surface area contributed by atoms with E-state index in [9.17, 15) is 0 Å². The Hall–Kier alpha value is -3.26. The van der Waals surface area contributed by atoms with Crippen LogP contribution in [0.25, 0.3) is 12.2 Å². The van der Waals surface area contributed by atoms with Gasteiger partial charge in [0.2, 0.25) is 0 Å². The van der Waals surface area contributed by atoms with E-state index in [1.807, 2.05) is 72.8 Å². The molecule has 3 aromatic carbocycles. The van der Waals surface area contributed by atoms with E-state index in [1.54, 1.807) is 0 Å². The van der Waals surface area contributed by atoms with Crippen molar-refractivity contribution >= 4 is 12.2 Å². The fourth-order valence-electron chi connectivity index (χ4n) is 2.56. The van der Waals surface area contributed by atoms with Crippen molar-refractivity contribution in [2.75, 3.05) is 0 Å². The van der Waals surface area contributed by atoms with Crippen molar-refractivity contribution in [3.8, 4) is 11.5 Å². The van der Waals surface area contributed by atoms with Gasteiger partial charge in [0.05, 0.1) is 0 Å². The molecule has 0 radical (unpaired) electrons. The van der Waals surface area contributed by atoms with E-state index >= 15 is 0 Å². The van der Waals surface area contributed by atoms with E-state index in [4.69, 9.17) is 9.47 Å². The van der Waals surface area contributed by atoms with Gasteiger partial charge in [-0.15, -0.1) is 0 Å². The molecule has 0 unspecified atom stereocenters. The molecular formula is C24H22O2. The zero-order chi connectivity index (χ0) is 18.2. The third kappa shape index (κ3) is 4.64. The summed E-state index contributed by atoms with van der Waals surface area (Å²) in [5.41, 5.74) is 4.38. The molecule has 0 atom stereocenters. The lowest BCUT2D eigenvalue weighted by molar-refractivity contribution is 0.285. The molecule has 130 valence electrons. The molecular weight excluding hydrogens is 320 g/mol. The van der Waals surface area contributed by atoms with Crippen molar-refractivity contribution in [3.63, 3.8) is 0 Å². The predicted molar refractivity (Wildman–Crippen MR) is 108 cm³/mol. The zero-order valence-corrected chi connectivity index (χ0v) is 14.7.